The minimum absolute atomic E-state index is 0.0374. The molecular formula is C57H78N16O12. The summed E-state index contributed by atoms with van der Waals surface area (Å²) >= 11 is 0. The third-order valence-electron chi connectivity index (χ3n) is 12.9. The van der Waals surface area contributed by atoms with Gasteiger partial charge < -0.3 is 80.9 Å². The minimum Gasteiger partial charge on any atom is -0.481 e. The Balaban J connectivity index is 1.58. The Labute approximate surface area is 491 Å². The Morgan fingerprint density at radius 2 is 0.965 bits per heavy atom. The number of aromatic nitrogens is 2. The van der Waals surface area contributed by atoms with Crippen LogP contribution in [0.2, 0.25) is 0 Å². The summed E-state index contributed by atoms with van der Waals surface area (Å²) in [6, 6.07) is 13.8. The fraction of sp³-hybridized carbons (Fsp3) is 0.421. The number of carbonyl (C=O) groups is 11. The molecule has 0 radical (unpaired) electrons. The Bertz CT molecular complexity index is 2910. The van der Waals surface area contributed by atoms with E-state index >= 15 is 0 Å². The van der Waals surface area contributed by atoms with E-state index in [0.29, 0.717) is 22.4 Å². The van der Waals surface area contributed by atoms with Crippen LogP contribution in [-0.4, -0.2) is 154 Å². The number of carboxylic acids is 1. The van der Waals surface area contributed by atoms with E-state index in [2.05, 4.69) is 62.8 Å². The first-order valence-corrected chi connectivity index (χ1v) is 27.5. The molecule has 0 aliphatic carbocycles. The van der Waals surface area contributed by atoms with Gasteiger partial charge in [-0.05, 0) is 55.7 Å². The van der Waals surface area contributed by atoms with Crippen molar-refractivity contribution in [2.75, 3.05) is 13.1 Å². The van der Waals surface area contributed by atoms with Crippen molar-refractivity contribution in [3.63, 3.8) is 0 Å². The first kappa shape index (κ1) is 67.8. The molecule has 4 aromatic rings. The zero-order valence-electron chi connectivity index (χ0n) is 47.8. The van der Waals surface area contributed by atoms with E-state index in [1.165, 1.54) is 26.4 Å². The number of guanidine groups is 1. The quantitative estimate of drug-likeness (QED) is 0.0125. The number of carboxylic acid groups (broad SMARTS) is 1. The van der Waals surface area contributed by atoms with Crippen LogP contribution in [0, 0.1) is 5.92 Å². The summed E-state index contributed by atoms with van der Waals surface area (Å²) in [6.45, 7) is 5.67. The van der Waals surface area contributed by atoms with Gasteiger partial charge in [0.2, 0.25) is 59.1 Å². The number of nitrogens with one attached hydrogen (secondary N) is 10. The number of aliphatic imine (C=N–C) groups is 1. The maximum atomic E-state index is 14.8. The molecule has 9 unspecified atom stereocenters. The molecule has 10 amide bonds. The van der Waals surface area contributed by atoms with Gasteiger partial charge in [0.25, 0.3) is 0 Å². The summed E-state index contributed by atoms with van der Waals surface area (Å²) in [6.07, 6.45) is 1.42. The van der Waals surface area contributed by atoms with Gasteiger partial charge in [-0.15, -0.1) is 0 Å². The molecule has 1 aromatic heterocycles. The summed E-state index contributed by atoms with van der Waals surface area (Å²) in [5.74, 6) is -10.4. The lowest BCUT2D eigenvalue weighted by molar-refractivity contribution is -0.141. The number of hydrogen-bond acceptors (Lipinski definition) is 14. The van der Waals surface area contributed by atoms with Crippen LogP contribution in [0.4, 0.5) is 0 Å². The first-order chi connectivity index (χ1) is 40.4. The second-order valence-corrected chi connectivity index (χ2v) is 20.7. The van der Waals surface area contributed by atoms with Gasteiger partial charge in [0.15, 0.2) is 5.96 Å². The summed E-state index contributed by atoms with van der Waals surface area (Å²) in [4.78, 5) is 159. The number of aromatic amines is 1. The normalized spacial score (nSPS) is 14.1. The van der Waals surface area contributed by atoms with E-state index in [-0.39, 0.29) is 63.4 Å². The number of imidazole rings is 1. The molecule has 28 heteroatoms. The van der Waals surface area contributed by atoms with Crippen LogP contribution in [0.1, 0.15) is 75.8 Å². The molecule has 0 saturated heterocycles. The topological polar surface area (TPSA) is 461 Å². The molecule has 0 spiro atoms. The molecular weight excluding hydrogens is 1100 g/mol. The van der Waals surface area contributed by atoms with Crippen molar-refractivity contribution in [2.45, 2.75) is 133 Å². The summed E-state index contributed by atoms with van der Waals surface area (Å²) in [5.41, 5.74) is 24.6. The number of aliphatic carboxylic acids is 1. The van der Waals surface area contributed by atoms with Gasteiger partial charge in [0.05, 0.1) is 25.3 Å². The molecule has 19 N–H and O–H groups in total. The Morgan fingerprint density at radius 3 is 1.41 bits per heavy atom. The van der Waals surface area contributed by atoms with Crippen LogP contribution in [0.3, 0.4) is 0 Å². The number of carbonyl (C=O) groups excluding carboxylic acids is 10. The van der Waals surface area contributed by atoms with Crippen LogP contribution < -0.4 is 70.8 Å². The number of H-pyrrole nitrogens is 1. The monoisotopic (exact) mass is 1180 g/mol. The van der Waals surface area contributed by atoms with Crippen molar-refractivity contribution < 1.29 is 57.8 Å². The van der Waals surface area contributed by atoms with Crippen molar-refractivity contribution in [3.8, 4) is 0 Å². The summed E-state index contributed by atoms with van der Waals surface area (Å²) in [7, 11) is 0. The molecule has 0 bridgehead atoms. The second-order valence-electron chi connectivity index (χ2n) is 20.7. The maximum Gasteiger partial charge on any atom is 0.305 e. The predicted octanol–water partition coefficient (Wildman–Crippen LogP) is -2.90. The summed E-state index contributed by atoms with van der Waals surface area (Å²) < 4.78 is 0. The van der Waals surface area contributed by atoms with Crippen LogP contribution in [0.25, 0.3) is 0 Å². The van der Waals surface area contributed by atoms with E-state index in [4.69, 9.17) is 22.9 Å². The number of benzene rings is 3. The lowest BCUT2D eigenvalue weighted by Crippen LogP contribution is -2.61. The molecule has 85 heavy (non-hydrogen) atoms. The highest BCUT2D eigenvalue weighted by Crippen LogP contribution is 2.12. The molecule has 0 fully saturated rings. The summed E-state index contributed by atoms with van der Waals surface area (Å²) in [5, 5.41) is 32.7. The van der Waals surface area contributed by atoms with E-state index in [9.17, 15) is 57.8 Å². The van der Waals surface area contributed by atoms with E-state index in [1.807, 2.05) is 13.8 Å². The van der Waals surface area contributed by atoms with Gasteiger partial charge in [-0.2, -0.15) is 0 Å². The molecule has 9 atom stereocenters. The number of nitrogens with zero attached hydrogens (tertiary/aromatic N) is 2. The standard InChI is InChI=1S/C57H78N16O12/c1-32(2)23-41(70-49(78)33(3)58)52(81)66-34(4)50(79)64-30-46(74)67-45(28-47(75)76)56(85)73-44(27-38-29-62-31-65-38)55(84)72-43(26-37-19-12-7-13-20-37)54(83)71-42(25-36-17-10-6-11-18-36)53(82)68-39(21-14-22-63-57(60)61)51(80)69-40(48(59)77)24-35-15-8-5-9-16-35/h5-13,15-20,29,31-34,39-45H,14,21-28,30,58H2,1-4H3,(H2,59,77)(H,62,65)(H,64,79)(H,66,81)(H,67,74)(H,68,82)(H,69,80)(H,70,78)(H,71,83)(H,72,84)(H,73,85)(H,75,76)(H4,60,61,63). The van der Waals surface area contributed by atoms with Gasteiger partial charge >= 0.3 is 5.97 Å². The Kier molecular flexibility index (Phi) is 27.6. The average Bonchev–Trinajstić information content (AvgIpc) is 4.10. The predicted molar refractivity (Wildman–Crippen MR) is 311 cm³/mol. The number of rotatable bonds is 35. The molecule has 0 aliphatic heterocycles. The van der Waals surface area contributed by atoms with Crippen molar-refractivity contribution in [1.29, 1.82) is 0 Å². The van der Waals surface area contributed by atoms with E-state index < -0.39 is 132 Å². The lowest BCUT2D eigenvalue weighted by atomic mass is 10.0. The van der Waals surface area contributed by atoms with E-state index in [1.54, 1.807) is 91.0 Å². The highest BCUT2D eigenvalue weighted by Gasteiger charge is 2.35. The van der Waals surface area contributed by atoms with Gasteiger partial charge in [0, 0.05) is 44.1 Å². The number of hydrogen-bond donors (Lipinski definition) is 15. The van der Waals surface area contributed by atoms with Gasteiger partial charge in [-0.25, -0.2) is 4.98 Å². The minimum atomic E-state index is -1.84. The van der Waals surface area contributed by atoms with Gasteiger partial charge in [-0.1, -0.05) is 105 Å². The van der Waals surface area contributed by atoms with E-state index in [0.717, 1.165) is 0 Å². The number of amides is 10. The lowest BCUT2D eigenvalue weighted by Gasteiger charge is -2.28. The van der Waals surface area contributed by atoms with Crippen LogP contribution in [0.5, 0.6) is 0 Å². The third-order valence-corrected chi connectivity index (χ3v) is 12.9. The first-order valence-electron chi connectivity index (χ1n) is 27.5. The van der Waals surface area contributed by atoms with Gasteiger partial charge in [-0.3, -0.25) is 57.7 Å². The number of nitrogens with two attached hydrogens (primary N) is 4. The van der Waals surface area contributed by atoms with Crippen molar-refractivity contribution in [3.05, 3.63) is 126 Å². The molecule has 458 valence electrons. The Morgan fingerprint density at radius 1 is 0.529 bits per heavy atom. The highest BCUT2D eigenvalue weighted by atomic mass is 16.4. The number of primary amides is 1. The van der Waals surface area contributed by atoms with Crippen LogP contribution in [0.15, 0.2) is 109 Å². The van der Waals surface area contributed by atoms with Gasteiger partial charge in [0.1, 0.15) is 48.3 Å². The maximum absolute atomic E-state index is 14.8. The molecule has 0 saturated carbocycles. The largest absolute Gasteiger partial charge is 0.481 e. The SMILES string of the molecule is CC(C)CC(NC(=O)C(C)N)C(=O)NC(C)C(=O)NCC(=O)NC(CC(=O)O)C(=O)NC(Cc1cnc[nH]1)C(=O)NC(Cc1ccccc1)C(=O)NC(Cc1ccccc1)C(=O)NC(CCCN=C(N)N)C(=O)NC(Cc1ccccc1)C(N)=O. The van der Waals surface area contributed by atoms with Crippen molar-refractivity contribution in [1.82, 2.24) is 57.8 Å². The fourth-order valence-corrected chi connectivity index (χ4v) is 8.49. The molecule has 3 aromatic carbocycles. The smallest absolute Gasteiger partial charge is 0.305 e. The molecule has 28 nitrogen and oxygen atoms in total. The zero-order valence-corrected chi connectivity index (χ0v) is 47.8. The highest BCUT2D eigenvalue weighted by molar-refractivity contribution is 5.99. The fourth-order valence-electron chi connectivity index (χ4n) is 8.49. The zero-order chi connectivity index (χ0) is 62.6. The molecule has 0 aliphatic rings. The van der Waals surface area contributed by atoms with Crippen molar-refractivity contribution in [2.24, 2.45) is 33.8 Å². The second kappa shape index (κ2) is 34.7. The van der Waals surface area contributed by atoms with Crippen molar-refractivity contribution >= 4 is 71.0 Å². The Hall–Kier alpha value is -9.73. The third kappa shape index (κ3) is 24.7. The average molecular weight is 1180 g/mol. The van der Waals surface area contributed by atoms with Crippen LogP contribution >= 0.6 is 0 Å². The molecule has 1 heterocycles. The van der Waals surface area contributed by atoms with Crippen LogP contribution in [-0.2, 0) is 78.4 Å². The molecule has 4 rings (SSSR count).